The molecule has 0 spiro atoms. The molecule has 32 heavy (non-hydrogen) atoms. The molecule has 0 radical (unpaired) electrons. The lowest BCUT2D eigenvalue weighted by atomic mass is 9.82. The van der Waals surface area contributed by atoms with Crippen molar-refractivity contribution < 1.29 is 18.0 Å². The first-order chi connectivity index (χ1) is 15.4. The highest BCUT2D eigenvalue weighted by atomic mass is 35.5. The summed E-state index contributed by atoms with van der Waals surface area (Å²) in [4.78, 5) is 17.8. The van der Waals surface area contributed by atoms with Crippen LogP contribution in [0.1, 0.15) is 41.5 Å². The fraction of sp³-hybridized carbons (Fsp3) is 0.250. The smallest absolute Gasteiger partial charge is 0.210 e. The first-order valence-electron chi connectivity index (χ1n) is 10.2. The van der Waals surface area contributed by atoms with Crippen molar-refractivity contribution in [3.63, 3.8) is 0 Å². The highest BCUT2D eigenvalue weighted by molar-refractivity contribution is 6.30. The number of hydrogen-bond acceptors (Lipinski definition) is 3. The first-order valence-corrected chi connectivity index (χ1v) is 10.6. The van der Waals surface area contributed by atoms with Gasteiger partial charge < -0.3 is 10.2 Å². The van der Waals surface area contributed by atoms with Crippen LogP contribution in [0, 0.1) is 24.4 Å². The lowest BCUT2D eigenvalue weighted by molar-refractivity contribution is -0.121. The Balaban J connectivity index is 1.74. The number of pyridine rings is 1. The molecule has 0 bridgehead atoms. The van der Waals surface area contributed by atoms with Crippen LogP contribution in [0.25, 0.3) is 0 Å². The van der Waals surface area contributed by atoms with E-state index in [0.717, 1.165) is 36.6 Å². The van der Waals surface area contributed by atoms with E-state index < -0.39 is 11.6 Å². The standard InChI is InChI=1S/C24H21ClF3N3O/c1-14-23(30-21-11-18(27)6-7-20(21)28)19(12-29-24(14)25)22-10-16(8-9-31(22)13-32)15-2-4-17(26)5-3-15/h2-7,11-13,16,22H,8-10H2,1H3,(H,29,30). The second-order valence-corrected chi connectivity index (χ2v) is 8.24. The van der Waals surface area contributed by atoms with Crippen LogP contribution < -0.4 is 5.32 Å². The zero-order chi connectivity index (χ0) is 22.8. The molecule has 2 aromatic carbocycles. The minimum Gasteiger partial charge on any atom is -0.352 e. The van der Waals surface area contributed by atoms with Crippen LogP contribution in [0.2, 0.25) is 5.15 Å². The Morgan fingerprint density at radius 3 is 2.56 bits per heavy atom. The zero-order valence-corrected chi connectivity index (χ0v) is 18.0. The number of rotatable bonds is 5. The van der Waals surface area contributed by atoms with Crippen LogP contribution in [-0.4, -0.2) is 22.8 Å². The van der Waals surface area contributed by atoms with E-state index in [0.29, 0.717) is 29.8 Å². The van der Waals surface area contributed by atoms with Crippen molar-refractivity contribution in [1.82, 2.24) is 9.88 Å². The number of benzene rings is 2. The van der Waals surface area contributed by atoms with Gasteiger partial charge in [0.05, 0.1) is 17.4 Å². The van der Waals surface area contributed by atoms with Crippen LogP contribution in [0.4, 0.5) is 24.5 Å². The van der Waals surface area contributed by atoms with E-state index in [9.17, 15) is 18.0 Å². The summed E-state index contributed by atoms with van der Waals surface area (Å²) in [5.41, 5.74) is 2.62. The molecule has 1 aliphatic heterocycles. The second-order valence-electron chi connectivity index (χ2n) is 7.89. The fourth-order valence-electron chi connectivity index (χ4n) is 4.21. The van der Waals surface area contributed by atoms with Gasteiger partial charge in [-0.1, -0.05) is 23.7 Å². The molecule has 2 unspecified atom stereocenters. The lowest BCUT2D eigenvalue weighted by Gasteiger charge is -2.38. The second kappa shape index (κ2) is 9.20. The van der Waals surface area contributed by atoms with E-state index in [1.54, 1.807) is 30.2 Å². The summed E-state index contributed by atoms with van der Waals surface area (Å²) in [6, 6.07) is 9.11. The van der Waals surface area contributed by atoms with Crippen molar-refractivity contribution >= 4 is 29.4 Å². The molecule has 1 aliphatic rings. The maximum atomic E-state index is 14.3. The summed E-state index contributed by atoms with van der Waals surface area (Å²) in [6.45, 7) is 2.22. The highest BCUT2D eigenvalue weighted by Crippen LogP contribution is 2.43. The van der Waals surface area contributed by atoms with E-state index in [2.05, 4.69) is 10.3 Å². The summed E-state index contributed by atoms with van der Waals surface area (Å²) >= 11 is 6.23. The van der Waals surface area contributed by atoms with Gasteiger partial charge in [-0.2, -0.15) is 0 Å². The van der Waals surface area contributed by atoms with Crippen LogP contribution in [0.3, 0.4) is 0 Å². The maximum absolute atomic E-state index is 14.3. The molecular formula is C24H21ClF3N3O. The summed E-state index contributed by atoms with van der Waals surface area (Å²) in [6.07, 6.45) is 3.63. The number of aromatic nitrogens is 1. The Kier molecular flexibility index (Phi) is 6.37. The number of nitrogens with zero attached hydrogens (tertiary/aromatic N) is 2. The van der Waals surface area contributed by atoms with E-state index >= 15 is 0 Å². The van der Waals surface area contributed by atoms with Crippen LogP contribution in [-0.2, 0) is 4.79 Å². The molecule has 4 rings (SSSR count). The molecule has 1 fully saturated rings. The molecule has 0 saturated carbocycles. The van der Waals surface area contributed by atoms with Crippen molar-refractivity contribution in [2.24, 2.45) is 0 Å². The third kappa shape index (κ3) is 4.43. The number of carbonyl (C=O) groups excluding carboxylic acids is 1. The van der Waals surface area contributed by atoms with Crippen molar-refractivity contribution in [2.75, 3.05) is 11.9 Å². The molecule has 166 valence electrons. The number of carbonyl (C=O) groups is 1. The Labute approximate surface area is 189 Å². The molecule has 1 N–H and O–H groups in total. The highest BCUT2D eigenvalue weighted by Gasteiger charge is 2.32. The van der Waals surface area contributed by atoms with Gasteiger partial charge in [-0.05, 0) is 55.5 Å². The predicted octanol–water partition coefficient (Wildman–Crippen LogP) is 6.28. The first kappa shape index (κ1) is 22.1. The molecule has 2 atom stereocenters. The van der Waals surface area contributed by atoms with E-state index in [1.807, 2.05) is 0 Å². The zero-order valence-electron chi connectivity index (χ0n) is 17.3. The lowest BCUT2D eigenvalue weighted by Crippen LogP contribution is -2.35. The van der Waals surface area contributed by atoms with E-state index in [4.69, 9.17) is 11.6 Å². The SMILES string of the molecule is Cc1c(Cl)ncc(C2CC(c3ccc(F)cc3)CCN2C=O)c1Nc1cc(F)ccc1F. The van der Waals surface area contributed by atoms with Gasteiger partial charge in [0.1, 0.15) is 22.6 Å². The van der Waals surface area contributed by atoms with Crippen molar-refractivity contribution in [3.8, 4) is 0 Å². The minimum absolute atomic E-state index is 0.0415. The van der Waals surface area contributed by atoms with Gasteiger partial charge in [0.2, 0.25) is 6.41 Å². The third-order valence-corrected chi connectivity index (χ3v) is 6.34. The average molecular weight is 460 g/mol. The van der Waals surface area contributed by atoms with Gasteiger partial charge in [-0.3, -0.25) is 4.79 Å². The normalized spacial score (nSPS) is 18.5. The number of anilines is 2. The van der Waals surface area contributed by atoms with Crippen molar-refractivity contribution in [1.29, 1.82) is 0 Å². The molecule has 1 saturated heterocycles. The van der Waals surface area contributed by atoms with Crippen LogP contribution >= 0.6 is 11.6 Å². The Bertz CT molecular complexity index is 1140. The largest absolute Gasteiger partial charge is 0.352 e. The van der Waals surface area contributed by atoms with Gasteiger partial charge in [-0.15, -0.1) is 0 Å². The van der Waals surface area contributed by atoms with Crippen molar-refractivity contribution in [2.45, 2.75) is 31.7 Å². The molecular weight excluding hydrogens is 439 g/mol. The Morgan fingerprint density at radius 2 is 1.84 bits per heavy atom. The maximum Gasteiger partial charge on any atom is 0.210 e. The summed E-state index contributed by atoms with van der Waals surface area (Å²) in [5.74, 6) is -1.43. The number of hydrogen-bond donors (Lipinski definition) is 1. The third-order valence-electron chi connectivity index (χ3n) is 5.96. The average Bonchev–Trinajstić information content (AvgIpc) is 2.79. The van der Waals surface area contributed by atoms with Gasteiger partial charge >= 0.3 is 0 Å². The summed E-state index contributed by atoms with van der Waals surface area (Å²) in [7, 11) is 0. The summed E-state index contributed by atoms with van der Waals surface area (Å²) in [5, 5.41) is 3.18. The Hall–Kier alpha value is -3.06. The predicted molar refractivity (Wildman–Crippen MR) is 118 cm³/mol. The van der Waals surface area contributed by atoms with Gasteiger partial charge in [0, 0.05) is 29.9 Å². The number of likely N-dealkylation sites (tertiary alicyclic amines) is 1. The quantitative estimate of drug-likeness (QED) is 0.360. The molecule has 1 aromatic heterocycles. The molecule has 3 aromatic rings. The van der Waals surface area contributed by atoms with Gasteiger partial charge in [0.15, 0.2) is 0 Å². The van der Waals surface area contributed by atoms with Gasteiger partial charge in [-0.25, -0.2) is 18.2 Å². The minimum atomic E-state index is -0.621. The molecule has 0 aliphatic carbocycles. The van der Waals surface area contributed by atoms with E-state index in [-0.39, 0.29) is 28.6 Å². The van der Waals surface area contributed by atoms with Crippen LogP contribution in [0.5, 0.6) is 0 Å². The van der Waals surface area contributed by atoms with Crippen LogP contribution in [0.15, 0.2) is 48.7 Å². The number of amides is 1. The molecule has 4 nitrogen and oxygen atoms in total. The molecule has 2 heterocycles. The van der Waals surface area contributed by atoms with Crippen molar-refractivity contribution in [3.05, 3.63) is 88.0 Å². The summed E-state index contributed by atoms with van der Waals surface area (Å²) < 4.78 is 41.5. The Morgan fingerprint density at radius 1 is 1.12 bits per heavy atom. The molecule has 8 heteroatoms. The molecule has 1 amide bonds. The van der Waals surface area contributed by atoms with Gasteiger partial charge in [0.25, 0.3) is 0 Å². The number of nitrogens with one attached hydrogen (secondary N) is 1. The number of piperidine rings is 1. The monoisotopic (exact) mass is 459 g/mol. The topological polar surface area (TPSA) is 45.2 Å². The van der Waals surface area contributed by atoms with E-state index in [1.165, 1.54) is 12.1 Å². The fourth-order valence-corrected chi connectivity index (χ4v) is 4.35. The number of halogens is 4.